The van der Waals surface area contributed by atoms with E-state index in [9.17, 15) is 4.79 Å². The number of nitrogens with two attached hydrogens (primary N) is 1. The molecule has 0 fully saturated rings. The molecule has 4 heteroatoms. The Morgan fingerprint density at radius 1 is 1.38 bits per heavy atom. The molecule has 0 atom stereocenters. The highest BCUT2D eigenvalue weighted by molar-refractivity contribution is 7.80. The molecule has 1 aromatic carbocycles. The number of rotatable bonds is 5. The molecule has 0 heterocycles. The Kier molecular flexibility index (Phi) is 4.92. The van der Waals surface area contributed by atoms with Crippen LogP contribution < -0.4 is 11.1 Å². The quantitative estimate of drug-likeness (QED) is 0.758. The summed E-state index contributed by atoms with van der Waals surface area (Å²) in [5.41, 5.74) is 7.67. The average molecular weight is 236 g/mol. The third-order valence-corrected chi connectivity index (χ3v) is 2.37. The largest absolute Gasteiger partial charge is 0.392 e. The first kappa shape index (κ1) is 12.6. The summed E-state index contributed by atoms with van der Waals surface area (Å²) in [6.45, 7) is 2.32. The van der Waals surface area contributed by atoms with Gasteiger partial charge in [-0.05, 0) is 18.9 Å². The van der Waals surface area contributed by atoms with Gasteiger partial charge in [0.15, 0.2) is 0 Å². The summed E-state index contributed by atoms with van der Waals surface area (Å²) < 4.78 is 0. The second-order valence-electron chi connectivity index (χ2n) is 3.73. The predicted molar refractivity (Wildman–Crippen MR) is 69.3 cm³/mol. The van der Waals surface area contributed by atoms with Gasteiger partial charge in [0, 0.05) is 6.42 Å². The molecule has 0 aliphatic heterocycles. The van der Waals surface area contributed by atoms with E-state index in [4.69, 9.17) is 5.73 Å². The lowest BCUT2D eigenvalue weighted by Gasteiger charge is -2.04. The third-order valence-electron chi connectivity index (χ3n) is 2.22. The number of hydrogen-bond donors (Lipinski definition) is 2. The predicted octanol–water partition coefficient (Wildman–Crippen LogP) is 1.33. The lowest BCUT2D eigenvalue weighted by molar-refractivity contribution is -0.120. The van der Waals surface area contributed by atoms with Gasteiger partial charge in [0.25, 0.3) is 0 Å². The summed E-state index contributed by atoms with van der Waals surface area (Å²) in [7, 11) is 0. The van der Waals surface area contributed by atoms with E-state index in [1.165, 1.54) is 5.56 Å². The number of aryl methyl sites for hydroxylation is 2. The van der Waals surface area contributed by atoms with E-state index in [-0.39, 0.29) is 12.5 Å². The molecule has 16 heavy (non-hydrogen) atoms. The van der Waals surface area contributed by atoms with Crippen LogP contribution >= 0.6 is 12.2 Å². The number of hydrogen-bond acceptors (Lipinski definition) is 2. The maximum Gasteiger partial charge on any atom is 0.220 e. The van der Waals surface area contributed by atoms with Gasteiger partial charge < -0.3 is 11.1 Å². The van der Waals surface area contributed by atoms with Crippen LogP contribution in [0.25, 0.3) is 0 Å². The van der Waals surface area contributed by atoms with Crippen LogP contribution in [-0.4, -0.2) is 17.4 Å². The summed E-state index contributed by atoms with van der Waals surface area (Å²) in [6, 6.07) is 8.16. The molecular weight excluding hydrogens is 220 g/mol. The van der Waals surface area contributed by atoms with Crippen LogP contribution in [0.3, 0.4) is 0 Å². The molecule has 0 radical (unpaired) electrons. The molecule has 1 amide bonds. The zero-order valence-corrected chi connectivity index (χ0v) is 10.1. The molecule has 0 aliphatic rings. The molecular formula is C12H16N2OS. The van der Waals surface area contributed by atoms with E-state index < -0.39 is 0 Å². The normalized spacial score (nSPS) is 9.81. The van der Waals surface area contributed by atoms with E-state index in [1.807, 2.05) is 31.2 Å². The smallest absolute Gasteiger partial charge is 0.220 e. The topological polar surface area (TPSA) is 55.1 Å². The Bertz CT molecular complexity index is 373. The van der Waals surface area contributed by atoms with Crippen molar-refractivity contribution in [2.75, 3.05) is 6.54 Å². The SMILES string of the molecule is Cc1ccc(CCC(=O)NCC(N)=S)cc1. The van der Waals surface area contributed by atoms with Crippen LogP contribution in [0.5, 0.6) is 0 Å². The van der Waals surface area contributed by atoms with Gasteiger partial charge in [-0.3, -0.25) is 4.79 Å². The molecule has 0 unspecified atom stereocenters. The zero-order valence-electron chi connectivity index (χ0n) is 9.32. The van der Waals surface area contributed by atoms with E-state index >= 15 is 0 Å². The van der Waals surface area contributed by atoms with Gasteiger partial charge in [0.2, 0.25) is 5.91 Å². The van der Waals surface area contributed by atoms with Crippen molar-refractivity contribution in [3.8, 4) is 0 Å². The molecule has 0 saturated carbocycles. The number of nitrogens with one attached hydrogen (secondary N) is 1. The maximum atomic E-state index is 11.4. The molecule has 0 saturated heterocycles. The zero-order chi connectivity index (χ0) is 12.0. The van der Waals surface area contributed by atoms with Crippen molar-refractivity contribution in [2.24, 2.45) is 5.73 Å². The highest BCUT2D eigenvalue weighted by Gasteiger charge is 2.01. The fraction of sp³-hybridized carbons (Fsp3) is 0.333. The summed E-state index contributed by atoms with van der Waals surface area (Å²) in [5, 5.41) is 2.66. The van der Waals surface area contributed by atoms with Crippen molar-refractivity contribution in [1.82, 2.24) is 5.32 Å². The molecule has 1 aromatic rings. The van der Waals surface area contributed by atoms with Crippen molar-refractivity contribution >= 4 is 23.1 Å². The number of thiocarbonyl (C=S) groups is 1. The highest BCUT2D eigenvalue weighted by Crippen LogP contribution is 2.05. The molecule has 0 aromatic heterocycles. The van der Waals surface area contributed by atoms with Gasteiger partial charge in [0.05, 0.1) is 11.5 Å². The van der Waals surface area contributed by atoms with E-state index in [0.717, 1.165) is 12.0 Å². The first-order chi connectivity index (χ1) is 7.58. The molecule has 0 spiro atoms. The maximum absolute atomic E-state index is 11.4. The first-order valence-corrected chi connectivity index (χ1v) is 5.59. The number of benzene rings is 1. The van der Waals surface area contributed by atoms with Crippen LogP contribution in [0.1, 0.15) is 17.5 Å². The summed E-state index contributed by atoms with van der Waals surface area (Å²) >= 11 is 4.67. The Morgan fingerprint density at radius 3 is 2.56 bits per heavy atom. The second-order valence-corrected chi connectivity index (χ2v) is 4.25. The Balaban J connectivity index is 2.31. The van der Waals surface area contributed by atoms with Crippen LogP contribution in [0.4, 0.5) is 0 Å². The third kappa shape index (κ3) is 4.89. The molecule has 0 aliphatic carbocycles. The summed E-state index contributed by atoms with van der Waals surface area (Å²) in [5.74, 6) is -0.0200. The Labute approximate surface area is 101 Å². The Hall–Kier alpha value is -1.42. The van der Waals surface area contributed by atoms with Crippen LogP contribution in [0.2, 0.25) is 0 Å². The molecule has 0 bridgehead atoms. The molecule has 86 valence electrons. The fourth-order valence-corrected chi connectivity index (χ4v) is 1.36. The minimum Gasteiger partial charge on any atom is -0.392 e. The standard InChI is InChI=1S/C12H16N2OS/c1-9-2-4-10(5-3-9)6-7-12(15)14-8-11(13)16/h2-5H,6-8H2,1H3,(H2,13,16)(H,14,15). The molecule has 3 nitrogen and oxygen atoms in total. The minimum atomic E-state index is -0.0200. The van der Waals surface area contributed by atoms with Gasteiger partial charge in [0.1, 0.15) is 0 Å². The van der Waals surface area contributed by atoms with Crippen LogP contribution in [0, 0.1) is 6.92 Å². The number of carbonyl (C=O) groups is 1. The van der Waals surface area contributed by atoms with Crippen molar-refractivity contribution in [1.29, 1.82) is 0 Å². The van der Waals surface area contributed by atoms with E-state index in [0.29, 0.717) is 11.4 Å². The number of carbonyl (C=O) groups excluding carboxylic acids is 1. The van der Waals surface area contributed by atoms with Gasteiger partial charge in [-0.25, -0.2) is 0 Å². The van der Waals surface area contributed by atoms with Crippen molar-refractivity contribution in [3.05, 3.63) is 35.4 Å². The summed E-state index contributed by atoms with van der Waals surface area (Å²) in [6.07, 6.45) is 1.20. The van der Waals surface area contributed by atoms with E-state index in [2.05, 4.69) is 17.5 Å². The lowest BCUT2D eigenvalue weighted by Crippen LogP contribution is -2.32. The first-order valence-electron chi connectivity index (χ1n) is 5.18. The second kappa shape index (κ2) is 6.23. The van der Waals surface area contributed by atoms with Gasteiger partial charge >= 0.3 is 0 Å². The van der Waals surface area contributed by atoms with Gasteiger partial charge in [-0.2, -0.15) is 0 Å². The van der Waals surface area contributed by atoms with Crippen LogP contribution in [0.15, 0.2) is 24.3 Å². The molecule has 3 N–H and O–H groups in total. The van der Waals surface area contributed by atoms with Gasteiger partial charge in [-0.15, -0.1) is 0 Å². The lowest BCUT2D eigenvalue weighted by atomic mass is 10.1. The van der Waals surface area contributed by atoms with Gasteiger partial charge in [-0.1, -0.05) is 42.0 Å². The highest BCUT2D eigenvalue weighted by atomic mass is 32.1. The monoisotopic (exact) mass is 236 g/mol. The molecule has 1 rings (SSSR count). The van der Waals surface area contributed by atoms with Crippen LogP contribution in [-0.2, 0) is 11.2 Å². The van der Waals surface area contributed by atoms with E-state index in [1.54, 1.807) is 0 Å². The summed E-state index contributed by atoms with van der Waals surface area (Å²) in [4.78, 5) is 11.7. The number of amides is 1. The van der Waals surface area contributed by atoms with Crippen molar-refractivity contribution in [2.45, 2.75) is 19.8 Å². The average Bonchev–Trinajstić information content (AvgIpc) is 2.25. The van der Waals surface area contributed by atoms with Crippen molar-refractivity contribution < 1.29 is 4.79 Å². The fourth-order valence-electron chi connectivity index (χ4n) is 1.29. The Morgan fingerprint density at radius 2 is 2.00 bits per heavy atom. The van der Waals surface area contributed by atoms with Crippen molar-refractivity contribution in [3.63, 3.8) is 0 Å². The minimum absolute atomic E-state index is 0.0200.